The SMILES string of the molecule is COC(=O)/C=C/c1ccc(CN(CCOCCC(=O)OC(C)(C)C)CCc2c[nH]c3ccccc23)cc1. The van der Waals surface area contributed by atoms with Crippen molar-refractivity contribution < 1.29 is 23.8 Å². The highest BCUT2D eigenvalue weighted by atomic mass is 16.6. The van der Waals surface area contributed by atoms with Crippen LogP contribution in [-0.4, -0.2) is 60.8 Å². The maximum atomic E-state index is 11.9. The van der Waals surface area contributed by atoms with Gasteiger partial charge >= 0.3 is 11.9 Å². The van der Waals surface area contributed by atoms with E-state index in [1.165, 1.54) is 29.7 Å². The lowest BCUT2D eigenvalue weighted by Crippen LogP contribution is -2.30. The lowest BCUT2D eigenvalue weighted by molar-refractivity contribution is -0.156. The summed E-state index contributed by atoms with van der Waals surface area (Å²) in [6.45, 7) is 8.81. The topological polar surface area (TPSA) is 80.9 Å². The fourth-order valence-electron chi connectivity index (χ4n) is 3.96. The number of ether oxygens (including phenoxy) is 3. The Morgan fingerprint density at radius 1 is 1.00 bits per heavy atom. The molecule has 1 aromatic heterocycles. The number of aromatic amines is 1. The lowest BCUT2D eigenvalue weighted by atomic mass is 10.1. The van der Waals surface area contributed by atoms with Gasteiger partial charge in [0.1, 0.15) is 5.60 Å². The van der Waals surface area contributed by atoms with E-state index < -0.39 is 5.60 Å². The Bertz CT molecular complexity index is 1170. The van der Waals surface area contributed by atoms with Crippen molar-refractivity contribution in [1.82, 2.24) is 9.88 Å². The van der Waals surface area contributed by atoms with E-state index in [0.717, 1.165) is 37.1 Å². The zero-order chi connectivity index (χ0) is 26.7. The van der Waals surface area contributed by atoms with Crippen molar-refractivity contribution in [2.45, 2.75) is 45.8 Å². The molecule has 0 radical (unpaired) electrons. The van der Waals surface area contributed by atoms with Gasteiger partial charge in [0, 0.05) is 42.8 Å². The number of carbonyl (C=O) groups excluding carboxylic acids is 2. The standard InChI is InChI=1S/C30H38N2O5/c1-30(2,3)37-29(34)16-19-36-20-18-32(17-15-25-21-31-27-8-6-5-7-26(25)27)22-24-11-9-23(10-12-24)13-14-28(33)35-4/h5-14,21,31H,15-20,22H2,1-4H3/b14-13+. The molecule has 0 saturated carbocycles. The molecule has 2 aromatic carbocycles. The molecule has 37 heavy (non-hydrogen) atoms. The van der Waals surface area contributed by atoms with Gasteiger partial charge in [0.05, 0.1) is 26.7 Å². The normalized spacial score (nSPS) is 11.9. The molecule has 0 unspecified atom stereocenters. The Morgan fingerprint density at radius 3 is 2.49 bits per heavy atom. The number of aromatic nitrogens is 1. The van der Waals surface area contributed by atoms with Gasteiger partial charge in [-0.1, -0.05) is 42.5 Å². The molecule has 3 rings (SSSR count). The Kier molecular flexibility index (Phi) is 10.5. The first-order chi connectivity index (χ1) is 17.7. The van der Waals surface area contributed by atoms with Crippen LogP contribution >= 0.6 is 0 Å². The second-order valence-electron chi connectivity index (χ2n) is 9.93. The van der Waals surface area contributed by atoms with E-state index in [1.807, 2.05) is 39.0 Å². The molecular formula is C30H38N2O5. The fourth-order valence-corrected chi connectivity index (χ4v) is 3.96. The third-order valence-electron chi connectivity index (χ3n) is 5.79. The molecule has 0 aliphatic rings. The molecule has 1 N–H and O–H groups in total. The maximum absolute atomic E-state index is 11.9. The van der Waals surface area contributed by atoms with Gasteiger partial charge in [0.15, 0.2) is 0 Å². The number of esters is 2. The first-order valence-corrected chi connectivity index (χ1v) is 12.7. The predicted molar refractivity (Wildman–Crippen MR) is 146 cm³/mol. The molecular weight excluding hydrogens is 468 g/mol. The maximum Gasteiger partial charge on any atom is 0.330 e. The zero-order valence-electron chi connectivity index (χ0n) is 22.3. The van der Waals surface area contributed by atoms with Gasteiger partial charge in [-0.25, -0.2) is 4.79 Å². The van der Waals surface area contributed by atoms with Crippen molar-refractivity contribution in [1.29, 1.82) is 0 Å². The van der Waals surface area contributed by atoms with E-state index in [0.29, 0.717) is 13.2 Å². The third kappa shape index (κ3) is 9.86. The van der Waals surface area contributed by atoms with Gasteiger partial charge in [-0.3, -0.25) is 9.69 Å². The van der Waals surface area contributed by atoms with Crippen LogP contribution in [0.1, 0.15) is 43.9 Å². The molecule has 198 valence electrons. The van der Waals surface area contributed by atoms with Crippen molar-refractivity contribution >= 4 is 28.9 Å². The quantitative estimate of drug-likeness (QED) is 0.196. The molecule has 0 fully saturated rings. The summed E-state index contributed by atoms with van der Waals surface area (Å²) in [5.41, 5.74) is 4.05. The summed E-state index contributed by atoms with van der Waals surface area (Å²) < 4.78 is 15.8. The number of fused-ring (bicyclic) bond motifs is 1. The summed E-state index contributed by atoms with van der Waals surface area (Å²) in [7, 11) is 1.36. The molecule has 0 aliphatic heterocycles. The number of methoxy groups -OCH3 is 1. The average Bonchev–Trinajstić information content (AvgIpc) is 3.28. The monoisotopic (exact) mass is 506 g/mol. The van der Waals surface area contributed by atoms with Gasteiger partial charge in [-0.2, -0.15) is 0 Å². The van der Waals surface area contributed by atoms with E-state index in [1.54, 1.807) is 6.08 Å². The predicted octanol–water partition coefficient (Wildman–Crippen LogP) is 5.15. The highest BCUT2D eigenvalue weighted by Crippen LogP contribution is 2.19. The molecule has 0 saturated heterocycles. The molecule has 0 bridgehead atoms. The summed E-state index contributed by atoms with van der Waals surface area (Å²) >= 11 is 0. The molecule has 1 heterocycles. The van der Waals surface area contributed by atoms with Crippen LogP contribution in [0.2, 0.25) is 0 Å². The number of hydrogen-bond acceptors (Lipinski definition) is 6. The first kappa shape index (κ1) is 28.2. The van der Waals surface area contributed by atoms with Crippen molar-refractivity contribution in [3.05, 3.63) is 77.5 Å². The van der Waals surface area contributed by atoms with Crippen LogP contribution in [0.15, 0.2) is 60.8 Å². The number of rotatable bonds is 13. The number of nitrogens with one attached hydrogen (secondary N) is 1. The summed E-state index contributed by atoms with van der Waals surface area (Å²) in [6.07, 6.45) is 6.39. The van der Waals surface area contributed by atoms with Crippen LogP contribution in [-0.2, 0) is 36.8 Å². The minimum atomic E-state index is -0.485. The summed E-state index contributed by atoms with van der Waals surface area (Å²) in [4.78, 5) is 29.0. The van der Waals surface area contributed by atoms with E-state index in [4.69, 9.17) is 9.47 Å². The minimum absolute atomic E-state index is 0.243. The molecule has 7 heteroatoms. The van der Waals surface area contributed by atoms with Crippen molar-refractivity contribution in [2.24, 2.45) is 0 Å². The largest absolute Gasteiger partial charge is 0.466 e. The zero-order valence-corrected chi connectivity index (χ0v) is 22.3. The van der Waals surface area contributed by atoms with Gasteiger partial charge in [-0.05, 0) is 56.0 Å². The van der Waals surface area contributed by atoms with Crippen LogP contribution in [0.4, 0.5) is 0 Å². The van der Waals surface area contributed by atoms with Crippen LogP contribution < -0.4 is 0 Å². The number of nitrogens with zero attached hydrogens (tertiary/aromatic N) is 1. The van der Waals surface area contributed by atoms with Gasteiger partial charge in [0.25, 0.3) is 0 Å². The summed E-state index contributed by atoms with van der Waals surface area (Å²) in [5, 5.41) is 1.25. The second-order valence-corrected chi connectivity index (χ2v) is 9.93. The number of carbonyl (C=O) groups is 2. The number of hydrogen-bond donors (Lipinski definition) is 1. The van der Waals surface area contributed by atoms with Crippen molar-refractivity contribution in [3.63, 3.8) is 0 Å². The van der Waals surface area contributed by atoms with E-state index in [-0.39, 0.29) is 18.4 Å². The van der Waals surface area contributed by atoms with Crippen LogP contribution in [0.5, 0.6) is 0 Å². The smallest absolute Gasteiger partial charge is 0.330 e. The first-order valence-electron chi connectivity index (χ1n) is 12.7. The molecule has 7 nitrogen and oxygen atoms in total. The molecule has 0 amide bonds. The van der Waals surface area contributed by atoms with Crippen molar-refractivity contribution in [3.8, 4) is 0 Å². The van der Waals surface area contributed by atoms with Crippen molar-refractivity contribution in [2.75, 3.05) is 33.4 Å². The van der Waals surface area contributed by atoms with Gasteiger partial charge in [0.2, 0.25) is 0 Å². The minimum Gasteiger partial charge on any atom is -0.466 e. The Hall–Kier alpha value is -3.42. The number of H-pyrrole nitrogens is 1. The molecule has 0 spiro atoms. The van der Waals surface area contributed by atoms with Gasteiger partial charge in [-0.15, -0.1) is 0 Å². The lowest BCUT2D eigenvalue weighted by Gasteiger charge is -2.23. The molecule has 0 atom stereocenters. The van der Waals surface area contributed by atoms with Crippen LogP contribution in [0.3, 0.4) is 0 Å². The second kappa shape index (κ2) is 13.8. The van der Waals surface area contributed by atoms with Crippen LogP contribution in [0, 0.1) is 0 Å². The van der Waals surface area contributed by atoms with E-state index in [9.17, 15) is 9.59 Å². The van der Waals surface area contributed by atoms with Gasteiger partial charge < -0.3 is 19.2 Å². The average molecular weight is 507 g/mol. The summed E-state index contributed by atoms with van der Waals surface area (Å²) in [6, 6.07) is 16.4. The third-order valence-corrected chi connectivity index (χ3v) is 5.79. The highest BCUT2D eigenvalue weighted by Gasteiger charge is 2.16. The molecule has 0 aliphatic carbocycles. The van der Waals surface area contributed by atoms with E-state index in [2.05, 4.69) is 51.1 Å². The Morgan fingerprint density at radius 2 is 1.76 bits per heavy atom. The fraction of sp³-hybridized carbons (Fsp3) is 0.400. The Labute approximate surface area is 219 Å². The van der Waals surface area contributed by atoms with E-state index >= 15 is 0 Å². The summed E-state index contributed by atoms with van der Waals surface area (Å²) in [5.74, 6) is -0.621. The number of benzene rings is 2. The Balaban J connectivity index is 1.57. The highest BCUT2D eigenvalue weighted by molar-refractivity contribution is 5.86. The molecule has 3 aromatic rings. The number of para-hydroxylation sites is 1. The van der Waals surface area contributed by atoms with Crippen LogP contribution in [0.25, 0.3) is 17.0 Å².